The summed E-state index contributed by atoms with van der Waals surface area (Å²) in [5.41, 5.74) is -0.295. The average molecular weight is 301 g/mol. The summed E-state index contributed by atoms with van der Waals surface area (Å²) in [4.78, 5) is 11.8. The van der Waals surface area contributed by atoms with E-state index in [-0.39, 0.29) is 13.0 Å². The molecule has 1 aromatic carbocycles. The van der Waals surface area contributed by atoms with Gasteiger partial charge in [-0.2, -0.15) is 0 Å². The minimum Gasteiger partial charge on any atom is -0.444 e. The van der Waals surface area contributed by atoms with Crippen molar-refractivity contribution in [2.24, 2.45) is 0 Å². The molecule has 0 unspecified atom stereocenters. The standard InChI is InChI=1S/C14H17F2NO2S/c1-14(2,3)19-13(18)17-8-11(20)6-9-4-5-10(15)7-12(9)16/h4-5,7H,6,8H2,1-3H3,(H,17,18). The van der Waals surface area contributed by atoms with E-state index < -0.39 is 23.3 Å². The molecule has 0 saturated carbocycles. The van der Waals surface area contributed by atoms with Crippen molar-refractivity contribution in [2.75, 3.05) is 6.54 Å². The summed E-state index contributed by atoms with van der Waals surface area (Å²) < 4.78 is 31.2. The van der Waals surface area contributed by atoms with E-state index in [1.54, 1.807) is 20.8 Å². The van der Waals surface area contributed by atoms with Crippen molar-refractivity contribution in [2.45, 2.75) is 32.8 Å². The minimum absolute atomic E-state index is 0.0983. The second-order valence-electron chi connectivity index (χ2n) is 5.31. The fourth-order valence-electron chi connectivity index (χ4n) is 1.42. The summed E-state index contributed by atoms with van der Waals surface area (Å²) in [6, 6.07) is 3.31. The van der Waals surface area contributed by atoms with Gasteiger partial charge in [-0.25, -0.2) is 13.6 Å². The largest absolute Gasteiger partial charge is 0.444 e. The third kappa shape index (κ3) is 6.06. The van der Waals surface area contributed by atoms with Gasteiger partial charge in [0, 0.05) is 17.4 Å². The second-order valence-corrected chi connectivity index (χ2v) is 5.88. The Kier molecular flexibility index (Phi) is 5.56. The molecule has 1 amide bonds. The topological polar surface area (TPSA) is 38.3 Å². The molecule has 0 aromatic heterocycles. The first-order valence-corrected chi connectivity index (χ1v) is 6.50. The van der Waals surface area contributed by atoms with Crippen molar-refractivity contribution in [1.29, 1.82) is 0 Å². The molecule has 0 aliphatic carbocycles. The lowest BCUT2D eigenvalue weighted by molar-refractivity contribution is 0.0536. The van der Waals surface area contributed by atoms with Crippen LogP contribution in [-0.4, -0.2) is 23.1 Å². The first-order valence-electron chi connectivity index (χ1n) is 6.10. The molecule has 0 spiro atoms. The van der Waals surface area contributed by atoms with Crippen molar-refractivity contribution >= 4 is 23.2 Å². The molecule has 110 valence electrons. The zero-order valence-electron chi connectivity index (χ0n) is 11.6. The Bertz CT molecular complexity index is 512. The maximum Gasteiger partial charge on any atom is 0.407 e. The maximum atomic E-state index is 13.4. The Morgan fingerprint density at radius 2 is 2.00 bits per heavy atom. The molecule has 0 atom stereocenters. The van der Waals surface area contributed by atoms with E-state index in [2.05, 4.69) is 5.32 Å². The quantitative estimate of drug-likeness (QED) is 0.866. The number of carbonyl (C=O) groups is 1. The van der Waals surface area contributed by atoms with Crippen LogP contribution in [0.15, 0.2) is 18.2 Å². The van der Waals surface area contributed by atoms with Crippen LogP contribution in [0.1, 0.15) is 26.3 Å². The molecule has 1 N–H and O–H groups in total. The summed E-state index contributed by atoms with van der Waals surface area (Å²) in [7, 11) is 0. The maximum absolute atomic E-state index is 13.4. The molecular formula is C14H17F2NO2S. The highest BCUT2D eigenvalue weighted by molar-refractivity contribution is 7.80. The number of rotatable bonds is 4. The number of carbonyl (C=O) groups excluding carboxylic acids is 1. The number of amides is 1. The van der Waals surface area contributed by atoms with Crippen LogP contribution in [0, 0.1) is 11.6 Å². The third-order valence-corrected chi connectivity index (χ3v) is 2.52. The number of halogens is 2. The molecule has 1 aromatic rings. The van der Waals surface area contributed by atoms with Crippen molar-refractivity contribution in [3.05, 3.63) is 35.4 Å². The molecular weight excluding hydrogens is 284 g/mol. The van der Waals surface area contributed by atoms with Gasteiger partial charge >= 0.3 is 6.09 Å². The van der Waals surface area contributed by atoms with Gasteiger partial charge in [0.2, 0.25) is 0 Å². The highest BCUT2D eigenvalue weighted by Gasteiger charge is 2.16. The van der Waals surface area contributed by atoms with Crippen molar-refractivity contribution in [1.82, 2.24) is 5.32 Å². The number of benzene rings is 1. The number of alkyl carbamates (subject to hydrolysis) is 1. The molecule has 0 fully saturated rings. The van der Waals surface area contributed by atoms with E-state index in [1.165, 1.54) is 12.1 Å². The number of thiocarbonyl (C=S) groups is 1. The molecule has 0 saturated heterocycles. The highest BCUT2D eigenvalue weighted by atomic mass is 32.1. The van der Waals surface area contributed by atoms with Gasteiger partial charge in [-0.3, -0.25) is 0 Å². The van der Waals surface area contributed by atoms with Gasteiger partial charge in [0.15, 0.2) is 0 Å². The molecule has 0 heterocycles. The van der Waals surface area contributed by atoms with Gasteiger partial charge in [0.25, 0.3) is 0 Å². The fraction of sp³-hybridized carbons (Fsp3) is 0.429. The Balaban J connectivity index is 2.46. The van der Waals surface area contributed by atoms with Gasteiger partial charge in [-0.15, -0.1) is 0 Å². The van der Waals surface area contributed by atoms with E-state index >= 15 is 0 Å². The van der Waals surface area contributed by atoms with Gasteiger partial charge in [-0.05, 0) is 32.4 Å². The van der Waals surface area contributed by atoms with Crippen LogP contribution in [0.5, 0.6) is 0 Å². The van der Waals surface area contributed by atoms with Crippen molar-refractivity contribution < 1.29 is 18.3 Å². The molecule has 3 nitrogen and oxygen atoms in total. The van der Waals surface area contributed by atoms with Crippen molar-refractivity contribution in [3.8, 4) is 0 Å². The third-order valence-electron chi connectivity index (χ3n) is 2.23. The van der Waals surface area contributed by atoms with E-state index in [0.29, 0.717) is 10.4 Å². The molecule has 20 heavy (non-hydrogen) atoms. The SMILES string of the molecule is CC(C)(C)OC(=O)NCC(=S)Cc1ccc(F)cc1F. The smallest absolute Gasteiger partial charge is 0.407 e. The summed E-state index contributed by atoms with van der Waals surface area (Å²) in [5, 5.41) is 2.49. The van der Waals surface area contributed by atoms with Crippen LogP contribution < -0.4 is 5.32 Å². The average Bonchev–Trinajstić information content (AvgIpc) is 2.28. The van der Waals surface area contributed by atoms with Crippen LogP contribution in [0.4, 0.5) is 13.6 Å². The minimum atomic E-state index is -0.649. The number of hydrogen-bond donors (Lipinski definition) is 1. The van der Waals surface area contributed by atoms with Crippen molar-refractivity contribution in [3.63, 3.8) is 0 Å². The van der Waals surface area contributed by atoms with Crippen LogP contribution in [-0.2, 0) is 11.2 Å². The second kappa shape index (κ2) is 6.74. The van der Waals surface area contributed by atoms with Crippen LogP contribution in [0.3, 0.4) is 0 Å². The van der Waals surface area contributed by atoms with E-state index in [4.69, 9.17) is 17.0 Å². The Labute approximate surface area is 122 Å². The molecule has 1 rings (SSSR count). The predicted octanol–water partition coefficient (Wildman–Crippen LogP) is 3.40. The summed E-state index contributed by atoms with van der Waals surface area (Å²) in [6.07, 6.45) is -0.434. The lowest BCUT2D eigenvalue weighted by Gasteiger charge is -2.19. The molecule has 0 aliphatic heterocycles. The van der Waals surface area contributed by atoms with Crippen LogP contribution >= 0.6 is 12.2 Å². The lowest BCUT2D eigenvalue weighted by Crippen LogP contribution is -2.35. The van der Waals surface area contributed by atoms with Gasteiger partial charge in [0.1, 0.15) is 17.2 Å². The normalized spacial score (nSPS) is 11.1. The van der Waals surface area contributed by atoms with Gasteiger partial charge in [0.05, 0.1) is 6.54 Å². The zero-order valence-corrected chi connectivity index (χ0v) is 12.4. The summed E-state index contributed by atoms with van der Waals surface area (Å²) in [6.45, 7) is 5.34. The highest BCUT2D eigenvalue weighted by Crippen LogP contribution is 2.11. The van der Waals surface area contributed by atoms with Gasteiger partial charge < -0.3 is 10.1 Å². The lowest BCUT2D eigenvalue weighted by atomic mass is 10.1. The van der Waals surface area contributed by atoms with Gasteiger partial charge in [-0.1, -0.05) is 18.3 Å². The van der Waals surface area contributed by atoms with Crippen LogP contribution in [0.25, 0.3) is 0 Å². The summed E-state index contributed by atoms with van der Waals surface area (Å²) >= 11 is 5.06. The van der Waals surface area contributed by atoms with Crippen LogP contribution in [0.2, 0.25) is 0 Å². The monoisotopic (exact) mass is 301 g/mol. The Morgan fingerprint density at radius 3 is 2.55 bits per heavy atom. The molecule has 6 heteroatoms. The first kappa shape index (κ1) is 16.5. The molecule has 0 radical (unpaired) electrons. The Hall–Kier alpha value is -1.56. The van der Waals surface area contributed by atoms with E-state index in [9.17, 15) is 13.6 Å². The van der Waals surface area contributed by atoms with E-state index in [1.807, 2.05) is 0 Å². The Morgan fingerprint density at radius 1 is 1.35 bits per heavy atom. The molecule has 0 aliphatic rings. The predicted molar refractivity (Wildman–Crippen MR) is 76.9 cm³/mol. The number of ether oxygens (including phenoxy) is 1. The summed E-state index contributed by atoms with van der Waals surface area (Å²) in [5.74, 6) is -1.28. The van der Waals surface area contributed by atoms with E-state index in [0.717, 1.165) is 6.07 Å². The molecule has 0 bridgehead atoms. The first-order chi connectivity index (χ1) is 9.17. The zero-order chi connectivity index (χ0) is 15.3. The fourth-order valence-corrected chi connectivity index (χ4v) is 1.65. The number of nitrogens with one attached hydrogen (secondary N) is 1. The number of hydrogen-bond acceptors (Lipinski definition) is 3.